The first-order valence-electron chi connectivity index (χ1n) is 10.6. The smallest absolute Gasteiger partial charge is 0.409 e. The molecule has 1 amide bonds. The van der Waals surface area contributed by atoms with Gasteiger partial charge in [0.15, 0.2) is 0 Å². The number of carbonyl (C=O) groups excluding carboxylic acids is 1. The highest BCUT2D eigenvalue weighted by molar-refractivity contribution is 14.1. The van der Waals surface area contributed by atoms with Crippen molar-refractivity contribution in [2.24, 2.45) is 5.92 Å². The van der Waals surface area contributed by atoms with Gasteiger partial charge < -0.3 is 9.64 Å². The number of hydrogen-bond acceptors (Lipinski definition) is 3. The summed E-state index contributed by atoms with van der Waals surface area (Å²) in [7, 11) is 0. The molecule has 30 heavy (non-hydrogen) atoms. The molecule has 1 aromatic heterocycles. The molecule has 4 rings (SSSR count). The van der Waals surface area contributed by atoms with Crippen LogP contribution in [0.25, 0.3) is 11.6 Å². The SMILES string of the molecule is C=CC1=Cc2cccnc2C(C2CCN(C(=O)OCC)CC2)c2ccc(CI)cc21. The van der Waals surface area contributed by atoms with Crippen molar-refractivity contribution in [2.75, 3.05) is 19.7 Å². The summed E-state index contributed by atoms with van der Waals surface area (Å²) in [6.45, 7) is 7.81. The molecule has 2 heterocycles. The Morgan fingerprint density at radius 1 is 1.33 bits per heavy atom. The zero-order chi connectivity index (χ0) is 21.1. The largest absolute Gasteiger partial charge is 0.450 e. The lowest BCUT2D eigenvalue weighted by Crippen LogP contribution is -2.40. The molecule has 1 atom stereocenters. The lowest BCUT2D eigenvalue weighted by Gasteiger charge is -2.36. The molecule has 1 aromatic carbocycles. The zero-order valence-electron chi connectivity index (χ0n) is 17.3. The van der Waals surface area contributed by atoms with E-state index in [9.17, 15) is 4.79 Å². The zero-order valence-corrected chi connectivity index (χ0v) is 19.5. The van der Waals surface area contributed by atoms with Crippen LogP contribution in [0.1, 0.15) is 53.6 Å². The average Bonchev–Trinajstić information content (AvgIpc) is 2.93. The Bertz CT molecular complexity index is 977. The maximum Gasteiger partial charge on any atom is 0.409 e. The maximum absolute atomic E-state index is 12.2. The van der Waals surface area contributed by atoms with Gasteiger partial charge in [0.1, 0.15) is 0 Å². The van der Waals surface area contributed by atoms with Gasteiger partial charge in [0.05, 0.1) is 12.3 Å². The molecule has 1 aliphatic carbocycles. The first kappa shape index (κ1) is 21.1. The van der Waals surface area contributed by atoms with Crippen LogP contribution in [-0.4, -0.2) is 35.7 Å². The van der Waals surface area contributed by atoms with E-state index in [1.165, 1.54) is 16.7 Å². The summed E-state index contributed by atoms with van der Waals surface area (Å²) in [5.41, 5.74) is 7.34. The van der Waals surface area contributed by atoms with E-state index in [1.54, 1.807) is 0 Å². The number of nitrogens with zero attached hydrogens (tertiary/aromatic N) is 2. The molecule has 156 valence electrons. The number of rotatable bonds is 4. The van der Waals surface area contributed by atoms with Crippen molar-refractivity contribution in [1.29, 1.82) is 0 Å². The second-order valence-corrected chi connectivity index (χ2v) is 8.60. The van der Waals surface area contributed by atoms with E-state index in [2.05, 4.69) is 59.5 Å². The van der Waals surface area contributed by atoms with Gasteiger partial charge in [0.25, 0.3) is 0 Å². The maximum atomic E-state index is 12.2. The highest BCUT2D eigenvalue weighted by Gasteiger charge is 2.35. The third kappa shape index (κ3) is 4.04. The van der Waals surface area contributed by atoms with E-state index >= 15 is 0 Å². The number of allylic oxidation sites excluding steroid dienone is 2. The minimum absolute atomic E-state index is 0.196. The van der Waals surface area contributed by atoms with Crippen molar-refractivity contribution in [1.82, 2.24) is 9.88 Å². The summed E-state index contributed by atoms with van der Waals surface area (Å²) in [5.74, 6) is 0.628. The summed E-state index contributed by atoms with van der Waals surface area (Å²) in [6, 6.07) is 11.0. The summed E-state index contributed by atoms with van der Waals surface area (Å²) >= 11 is 2.41. The first-order chi connectivity index (χ1) is 14.7. The summed E-state index contributed by atoms with van der Waals surface area (Å²) in [5, 5.41) is 0. The van der Waals surface area contributed by atoms with Crippen molar-refractivity contribution < 1.29 is 9.53 Å². The second kappa shape index (κ2) is 9.33. The van der Waals surface area contributed by atoms with Crippen molar-refractivity contribution >= 4 is 40.3 Å². The van der Waals surface area contributed by atoms with Gasteiger partial charge in [-0.1, -0.05) is 59.5 Å². The lowest BCUT2D eigenvalue weighted by atomic mass is 9.76. The number of likely N-dealkylation sites (tertiary alicyclic amines) is 1. The first-order valence-corrected chi connectivity index (χ1v) is 12.1. The van der Waals surface area contributed by atoms with Crippen LogP contribution in [0.4, 0.5) is 4.79 Å². The van der Waals surface area contributed by atoms with Crippen LogP contribution in [0.15, 0.2) is 49.2 Å². The fourth-order valence-electron chi connectivity index (χ4n) is 4.69. The Balaban J connectivity index is 1.74. The number of alkyl halides is 1. The number of aromatic nitrogens is 1. The summed E-state index contributed by atoms with van der Waals surface area (Å²) < 4.78 is 6.18. The highest BCUT2D eigenvalue weighted by atomic mass is 127. The predicted molar refractivity (Wildman–Crippen MR) is 130 cm³/mol. The molecule has 1 unspecified atom stereocenters. The van der Waals surface area contributed by atoms with E-state index in [1.807, 2.05) is 30.2 Å². The van der Waals surface area contributed by atoms with Crippen molar-refractivity contribution in [3.05, 3.63) is 77.1 Å². The number of pyridine rings is 1. The molecule has 0 radical (unpaired) electrons. The van der Waals surface area contributed by atoms with E-state index < -0.39 is 0 Å². The third-order valence-electron chi connectivity index (χ3n) is 6.15. The lowest BCUT2D eigenvalue weighted by molar-refractivity contribution is 0.0900. The second-order valence-electron chi connectivity index (χ2n) is 7.84. The average molecular weight is 514 g/mol. The number of benzene rings is 1. The molecule has 1 saturated heterocycles. The molecule has 4 nitrogen and oxygen atoms in total. The Morgan fingerprint density at radius 3 is 2.83 bits per heavy atom. The monoisotopic (exact) mass is 514 g/mol. The van der Waals surface area contributed by atoms with Crippen LogP contribution in [0.3, 0.4) is 0 Å². The summed E-state index contributed by atoms with van der Waals surface area (Å²) in [6.07, 6.45) is 7.76. The van der Waals surface area contributed by atoms with Gasteiger partial charge in [-0.15, -0.1) is 0 Å². The fourth-order valence-corrected chi connectivity index (χ4v) is 5.16. The van der Waals surface area contributed by atoms with E-state index in [0.29, 0.717) is 12.5 Å². The third-order valence-corrected chi connectivity index (χ3v) is 7.03. The number of amides is 1. The number of ether oxygens (including phenoxy) is 1. The van der Waals surface area contributed by atoms with Crippen LogP contribution < -0.4 is 0 Å². The molecule has 0 spiro atoms. The van der Waals surface area contributed by atoms with Gasteiger partial charge in [-0.2, -0.15) is 0 Å². The quantitative estimate of drug-likeness (QED) is 0.368. The van der Waals surface area contributed by atoms with Crippen LogP contribution in [0, 0.1) is 5.92 Å². The van der Waals surface area contributed by atoms with Crippen molar-refractivity contribution in [2.45, 2.75) is 30.1 Å². The van der Waals surface area contributed by atoms with Gasteiger partial charge in [0, 0.05) is 29.6 Å². The van der Waals surface area contributed by atoms with Crippen LogP contribution >= 0.6 is 22.6 Å². The molecular formula is C25H27IN2O2. The van der Waals surface area contributed by atoms with Gasteiger partial charge >= 0.3 is 6.09 Å². The number of hydrogen-bond donors (Lipinski definition) is 0. The van der Waals surface area contributed by atoms with Gasteiger partial charge in [-0.05, 0) is 65.7 Å². The molecule has 0 N–H and O–H groups in total. The number of fused-ring (bicyclic) bond motifs is 2. The molecule has 5 heteroatoms. The Kier molecular flexibility index (Phi) is 6.56. The Morgan fingerprint density at radius 2 is 2.13 bits per heavy atom. The molecule has 2 aliphatic rings. The predicted octanol–water partition coefficient (Wildman–Crippen LogP) is 6.06. The number of piperidine rings is 1. The van der Waals surface area contributed by atoms with Crippen molar-refractivity contribution in [3.8, 4) is 0 Å². The van der Waals surface area contributed by atoms with Gasteiger partial charge in [0.2, 0.25) is 0 Å². The number of halogens is 1. The highest BCUT2D eigenvalue weighted by Crippen LogP contribution is 2.44. The van der Waals surface area contributed by atoms with Crippen molar-refractivity contribution in [3.63, 3.8) is 0 Å². The van der Waals surface area contributed by atoms with E-state index in [4.69, 9.17) is 9.72 Å². The molecular weight excluding hydrogens is 487 g/mol. The normalized spacial score (nSPS) is 18.7. The standard InChI is InChI=1S/C25H27IN2O2/c1-3-18-15-20-6-5-11-27-24(20)23(21-8-7-17(16-26)14-22(18)21)19-9-12-28(13-10-19)25(29)30-4-2/h3,5-8,11,14-15,19,23H,1,4,9-10,12-13,16H2,2H3. The topological polar surface area (TPSA) is 42.4 Å². The molecule has 0 bridgehead atoms. The number of carbonyl (C=O) groups is 1. The minimum Gasteiger partial charge on any atom is -0.450 e. The minimum atomic E-state index is -0.196. The Labute approximate surface area is 192 Å². The Hall–Kier alpha value is -2.15. The van der Waals surface area contributed by atoms with Gasteiger partial charge in [-0.3, -0.25) is 4.98 Å². The fraction of sp³-hybridized carbons (Fsp3) is 0.360. The van der Waals surface area contributed by atoms with E-state index in [0.717, 1.165) is 47.2 Å². The summed E-state index contributed by atoms with van der Waals surface area (Å²) in [4.78, 5) is 18.8. The van der Waals surface area contributed by atoms with Crippen LogP contribution in [0.5, 0.6) is 0 Å². The van der Waals surface area contributed by atoms with E-state index in [-0.39, 0.29) is 12.0 Å². The molecule has 1 fully saturated rings. The van der Waals surface area contributed by atoms with Crippen LogP contribution in [0.2, 0.25) is 0 Å². The molecule has 2 aromatic rings. The van der Waals surface area contributed by atoms with Gasteiger partial charge in [-0.25, -0.2) is 4.79 Å². The molecule has 1 aliphatic heterocycles. The molecule has 0 saturated carbocycles. The van der Waals surface area contributed by atoms with Crippen LogP contribution in [-0.2, 0) is 9.16 Å².